The van der Waals surface area contributed by atoms with E-state index in [4.69, 9.17) is 11.6 Å². The number of carbonyl (C=O) groups is 1. The van der Waals surface area contributed by atoms with Crippen LogP contribution in [0.3, 0.4) is 0 Å². The molecule has 7 heteroatoms. The van der Waals surface area contributed by atoms with Gasteiger partial charge >= 0.3 is 0 Å². The first-order valence-electron chi connectivity index (χ1n) is 11.7. The second-order valence-electron chi connectivity index (χ2n) is 9.44. The quantitative estimate of drug-likeness (QED) is 0.420. The summed E-state index contributed by atoms with van der Waals surface area (Å²) in [6.07, 6.45) is 6.59. The maximum atomic E-state index is 14.9. The van der Waals surface area contributed by atoms with Gasteiger partial charge in [-0.1, -0.05) is 24.6 Å². The molecule has 1 aromatic carbocycles. The molecule has 2 fully saturated rings. The Morgan fingerprint density at radius 2 is 1.91 bits per heavy atom. The molecular weight excluding hydrogens is 456 g/mol. The van der Waals surface area contributed by atoms with Gasteiger partial charge in [-0.25, -0.2) is 8.78 Å². The van der Waals surface area contributed by atoms with Crippen LogP contribution in [0.2, 0.25) is 5.02 Å². The summed E-state index contributed by atoms with van der Waals surface area (Å²) in [6, 6.07) is 10.7. The highest BCUT2D eigenvalue weighted by molar-refractivity contribution is 6.33. The van der Waals surface area contributed by atoms with E-state index in [0.717, 1.165) is 28.7 Å². The van der Waals surface area contributed by atoms with Crippen molar-refractivity contribution in [2.75, 3.05) is 13.1 Å². The number of aromatic nitrogens is 2. The molecule has 0 N–H and O–H groups in total. The third-order valence-corrected chi connectivity index (χ3v) is 7.43. The first-order chi connectivity index (χ1) is 16.3. The number of nitrogens with zero attached hydrogens (tertiary/aromatic N) is 3. The minimum absolute atomic E-state index is 0.0320. The molecule has 3 aromatic rings. The van der Waals surface area contributed by atoms with Crippen molar-refractivity contribution in [3.8, 4) is 22.3 Å². The van der Waals surface area contributed by atoms with E-state index in [1.807, 2.05) is 19.1 Å². The average molecular weight is 482 g/mol. The number of alkyl halides is 2. The Morgan fingerprint density at radius 1 is 1.12 bits per heavy atom. The molecule has 1 saturated heterocycles. The monoisotopic (exact) mass is 481 g/mol. The van der Waals surface area contributed by atoms with Crippen LogP contribution in [0.4, 0.5) is 8.78 Å². The SMILES string of the molecule is CC1CCN(C(=O)c2ccc(-c3cncc(-c4ccnc(C5(F)CCC5)c4)c3)c(Cl)c2)CC1F. The molecule has 0 spiro atoms. The van der Waals surface area contributed by atoms with Gasteiger partial charge in [0.15, 0.2) is 5.67 Å². The van der Waals surface area contributed by atoms with Gasteiger partial charge in [-0.05, 0) is 67.5 Å². The highest BCUT2D eigenvalue weighted by Crippen LogP contribution is 2.44. The number of pyridine rings is 2. The smallest absolute Gasteiger partial charge is 0.254 e. The summed E-state index contributed by atoms with van der Waals surface area (Å²) in [5.74, 6) is -0.245. The minimum Gasteiger partial charge on any atom is -0.336 e. The van der Waals surface area contributed by atoms with Gasteiger partial charge in [0.2, 0.25) is 0 Å². The van der Waals surface area contributed by atoms with E-state index in [1.54, 1.807) is 47.8 Å². The number of likely N-dealkylation sites (tertiary alicyclic amines) is 1. The fraction of sp³-hybridized carbons (Fsp3) is 0.370. The fourth-order valence-electron chi connectivity index (χ4n) is 4.61. The molecular formula is C27H26ClF2N3O. The van der Waals surface area contributed by atoms with Gasteiger partial charge in [-0.2, -0.15) is 0 Å². The molecule has 176 valence electrons. The van der Waals surface area contributed by atoms with Crippen LogP contribution < -0.4 is 0 Å². The van der Waals surface area contributed by atoms with Crippen LogP contribution in [-0.2, 0) is 5.67 Å². The van der Waals surface area contributed by atoms with Crippen molar-refractivity contribution in [1.82, 2.24) is 14.9 Å². The van der Waals surface area contributed by atoms with Crippen molar-refractivity contribution in [2.45, 2.75) is 44.4 Å². The summed E-state index contributed by atoms with van der Waals surface area (Å²) in [4.78, 5) is 23.1. The number of hydrogen-bond acceptors (Lipinski definition) is 3. The van der Waals surface area contributed by atoms with Crippen LogP contribution in [0, 0.1) is 5.92 Å². The van der Waals surface area contributed by atoms with Gasteiger partial charge in [-0.15, -0.1) is 0 Å². The normalized spacial score (nSPS) is 21.7. The molecule has 1 aliphatic heterocycles. The second-order valence-corrected chi connectivity index (χ2v) is 9.85. The van der Waals surface area contributed by atoms with E-state index in [9.17, 15) is 13.6 Å². The maximum absolute atomic E-state index is 14.9. The van der Waals surface area contributed by atoms with E-state index in [0.29, 0.717) is 42.1 Å². The lowest BCUT2D eigenvalue weighted by molar-refractivity contribution is 0.0540. The van der Waals surface area contributed by atoms with Crippen LogP contribution in [-0.4, -0.2) is 40.0 Å². The topological polar surface area (TPSA) is 46.1 Å². The predicted molar refractivity (Wildman–Crippen MR) is 129 cm³/mol. The molecule has 1 aliphatic carbocycles. The molecule has 5 rings (SSSR count). The predicted octanol–water partition coefficient (Wildman–Crippen LogP) is 6.63. The van der Waals surface area contributed by atoms with Crippen LogP contribution in [0.15, 0.2) is 55.0 Å². The number of carbonyl (C=O) groups excluding carboxylic acids is 1. The number of amides is 1. The summed E-state index contributed by atoms with van der Waals surface area (Å²) in [5, 5.41) is 0.416. The van der Waals surface area contributed by atoms with Gasteiger partial charge in [-0.3, -0.25) is 14.8 Å². The van der Waals surface area contributed by atoms with E-state index in [1.165, 1.54) is 0 Å². The van der Waals surface area contributed by atoms with Gasteiger partial charge in [0.1, 0.15) is 6.17 Å². The van der Waals surface area contributed by atoms with E-state index in [-0.39, 0.29) is 18.4 Å². The first-order valence-corrected chi connectivity index (χ1v) is 12.1. The number of rotatable bonds is 4. The molecule has 2 aromatic heterocycles. The maximum Gasteiger partial charge on any atom is 0.254 e. The summed E-state index contributed by atoms with van der Waals surface area (Å²) in [6.45, 7) is 2.52. The van der Waals surface area contributed by atoms with E-state index in [2.05, 4.69) is 9.97 Å². The summed E-state index contributed by atoms with van der Waals surface area (Å²) in [5.41, 5.74) is 2.76. The lowest BCUT2D eigenvalue weighted by Crippen LogP contribution is -2.44. The minimum atomic E-state index is -1.33. The molecule has 4 nitrogen and oxygen atoms in total. The third-order valence-electron chi connectivity index (χ3n) is 7.12. The number of piperidine rings is 1. The van der Waals surface area contributed by atoms with Crippen LogP contribution in [0.1, 0.15) is 48.7 Å². The van der Waals surface area contributed by atoms with Crippen molar-refractivity contribution in [1.29, 1.82) is 0 Å². The van der Waals surface area contributed by atoms with Crippen LogP contribution >= 0.6 is 11.6 Å². The van der Waals surface area contributed by atoms with E-state index < -0.39 is 11.8 Å². The van der Waals surface area contributed by atoms with E-state index >= 15 is 0 Å². The molecule has 1 saturated carbocycles. The molecule has 34 heavy (non-hydrogen) atoms. The Bertz CT molecular complexity index is 1230. The van der Waals surface area contributed by atoms with Crippen molar-refractivity contribution < 1.29 is 13.6 Å². The van der Waals surface area contributed by atoms with Gasteiger partial charge < -0.3 is 4.90 Å². The van der Waals surface area contributed by atoms with Crippen molar-refractivity contribution in [3.05, 3.63) is 71.3 Å². The molecule has 2 aliphatic rings. The molecule has 0 radical (unpaired) electrons. The standard InChI is InChI=1S/C27H26ClF2N3O/c1-17-6-10-33(16-24(17)29)26(34)19-3-4-22(23(28)12-19)21-11-20(14-31-15-21)18-5-9-32-25(13-18)27(30)7-2-8-27/h3-5,9,11-15,17,24H,2,6-8,10,16H2,1H3. The number of halogens is 3. The average Bonchev–Trinajstić information content (AvgIpc) is 2.84. The van der Waals surface area contributed by atoms with Gasteiger partial charge in [0, 0.05) is 52.4 Å². The molecule has 0 bridgehead atoms. The highest BCUT2D eigenvalue weighted by Gasteiger charge is 2.40. The van der Waals surface area contributed by atoms with Gasteiger partial charge in [0.05, 0.1) is 12.2 Å². The number of benzene rings is 1. The zero-order valence-electron chi connectivity index (χ0n) is 19.0. The molecule has 2 unspecified atom stereocenters. The number of hydrogen-bond donors (Lipinski definition) is 0. The largest absolute Gasteiger partial charge is 0.336 e. The summed E-state index contributed by atoms with van der Waals surface area (Å²) in [7, 11) is 0. The highest BCUT2D eigenvalue weighted by atomic mass is 35.5. The van der Waals surface area contributed by atoms with Crippen molar-refractivity contribution >= 4 is 17.5 Å². The Balaban J connectivity index is 1.39. The van der Waals surface area contributed by atoms with Gasteiger partial charge in [0.25, 0.3) is 5.91 Å². The molecule has 1 amide bonds. The van der Waals surface area contributed by atoms with Crippen molar-refractivity contribution in [2.24, 2.45) is 5.92 Å². The second kappa shape index (κ2) is 9.06. The van der Waals surface area contributed by atoms with Crippen LogP contribution in [0.5, 0.6) is 0 Å². The zero-order chi connectivity index (χ0) is 23.9. The summed E-state index contributed by atoms with van der Waals surface area (Å²) >= 11 is 6.58. The lowest BCUT2D eigenvalue weighted by Gasteiger charge is -2.33. The van der Waals surface area contributed by atoms with Crippen LogP contribution in [0.25, 0.3) is 22.3 Å². The zero-order valence-corrected chi connectivity index (χ0v) is 19.7. The summed E-state index contributed by atoms with van der Waals surface area (Å²) < 4.78 is 29.0. The lowest BCUT2D eigenvalue weighted by atomic mass is 9.79. The molecule has 3 heterocycles. The Kier molecular flexibility index (Phi) is 6.11. The first kappa shape index (κ1) is 22.9. The Morgan fingerprint density at radius 3 is 2.62 bits per heavy atom. The van der Waals surface area contributed by atoms with Crippen molar-refractivity contribution in [3.63, 3.8) is 0 Å². The Hall–Kier alpha value is -2.86. The third kappa shape index (κ3) is 4.31. The molecule has 2 atom stereocenters. The Labute approximate surface area is 203 Å². The fourth-order valence-corrected chi connectivity index (χ4v) is 4.90.